The lowest BCUT2D eigenvalue weighted by atomic mass is 9.93. The summed E-state index contributed by atoms with van der Waals surface area (Å²) in [6.07, 6.45) is 5.30. The molecule has 0 radical (unpaired) electrons. The average Bonchev–Trinajstić information content (AvgIpc) is 3.33. The summed E-state index contributed by atoms with van der Waals surface area (Å²) in [6.45, 7) is 4.20. The van der Waals surface area contributed by atoms with E-state index in [0.717, 1.165) is 35.4 Å². The number of benzene rings is 2. The number of fused-ring (bicyclic) bond motifs is 1. The Labute approximate surface area is 183 Å². The van der Waals surface area contributed by atoms with Gasteiger partial charge >= 0.3 is 0 Å². The lowest BCUT2D eigenvalue weighted by Crippen LogP contribution is -2.35. The van der Waals surface area contributed by atoms with Crippen LogP contribution in [0.5, 0.6) is 0 Å². The summed E-state index contributed by atoms with van der Waals surface area (Å²) in [5.74, 6) is -0.0145. The van der Waals surface area contributed by atoms with E-state index in [1.807, 2.05) is 17.5 Å². The Morgan fingerprint density at radius 2 is 1.89 bits per heavy atom. The monoisotopic (exact) mass is 502 g/mol. The number of hydrogen-bond donors (Lipinski definition) is 1. The van der Waals surface area contributed by atoms with Gasteiger partial charge in [0, 0.05) is 32.1 Å². The molecule has 1 spiro atoms. The van der Waals surface area contributed by atoms with Crippen molar-refractivity contribution in [1.82, 2.24) is 0 Å². The van der Waals surface area contributed by atoms with Gasteiger partial charge in [-0.1, -0.05) is 11.6 Å². The largest absolute Gasteiger partial charge is 0.371 e. The quantitative estimate of drug-likeness (QED) is 0.418. The number of anilines is 2. The van der Waals surface area contributed by atoms with Crippen molar-refractivity contribution in [3.63, 3.8) is 0 Å². The van der Waals surface area contributed by atoms with E-state index in [1.54, 1.807) is 11.3 Å². The van der Waals surface area contributed by atoms with E-state index in [0.29, 0.717) is 5.41 Å². The second-order valence-electron chi connectivity index (χ2n) is 8.25. The van der Waals surface area contributed by atoms with Crippen LogP contribution in [-0.2, 0) is 0 Å². The van der Waals surface area contributed by atoms with Gasteiger partial charge in [0.25, 0.3) is 5.91 Å². The first-order valence-corrected chi connectivity index (χ1v) is 11.8. The molecule has 1 aliphatic carbocycles. The highest BCUT2D eigenvalue weighted by Gasteiger charge is 2.44. The molecule has 2 heterocycles. The van der Waals surface area contributed by atoms with Gasteiger partial charge in [0.2, 0.25) is 0 Å². The minimum Gasteiger partial charge on any atom is -0.371 e. The number of amides is 1. The summed E-state index contributed by atoms with van der Waals surface area (Å²) in [5, 5.41) is 6.35. The molecule has 0 bridgehead atoms. The third-order valence-corrected chi connectivity index (χ3v) is 7.94. The number of carbonyl (C=O) groups is 1. The zero-order valence-corrected chi connectivity index (χ0v) is 18.9. The number of rotatable bonds is 3. The van der Waals surface area contributed by atoms with E-state index >= 15 is 0 Å². The third-order valence-electron chi connectivity index (χ3n) is 6.30. The van der Waals surface area contributed by atoms with Gasteiger partial charge in [0.05, 0.1) is 16.9 Å². The van der Waals surface area contributed by atoms with Crippen molar-refractivity contribution in [1.29, 1.82) is 0 Å². The number of piperidine rings is 1. The van der Waals surface area contributed by atoms with E-state index in [9.17, 15) is 4.79 Å². The van der Waals surface area contributed by atoms with Crippen LogP contribution < -0.4 is 10.2 Å². The summed E-state index contributed by atoms with van der Waals surface area (Å²) in [7, 11) is 0. The highest BCUT2D eigenvalue weighted by atomic mass is 127. The first-order valence-electron chi connectivity index (χ1n) is 9.87. The Morgan fingerprint density at radius 3 is 2.64 bits per heavy atom. The molecule has 3 nitrogen and oxygen atoms in total. The van der Waals surface area contributed by atoms with Crippen molar-refractivity contribution in [2.24, 2.45) is 5.41 Å². The molecule has 5 heteroatoms. The Bertz CT molecular complexity index is 1060. The second-order valence-corrected chi connectivity index (χ2v) is 10.4. The lowest BCUT2D eigenvalue weighted by Gasteiger charge is -2.35. The fraction of sp³-hybridized carbons (Fsp3) is 0.348. The molecule has 1 N–H and O–H groups in total. The average molecular weight is 502 g/mol. The van der Waals surface area contributed by atoms with Crippen LogP contribution in [0, 0.1) is 15.9 Å². The smallest absolute Gasteiger partial charge is 0.257 e. The number of carbonyl (C=O) groups excluding carboxylic acids is 1. The minimum atomic E-state index is -0.0145. The van der Waals surface area contributed by atoms with Gasteiger partial charge < -0.3 is 10.2 Å². The number of aryl methyl sites for hydroxylation is 1. The molecular weight excluding hydrogens is 479 g/mol. The number of thiophene rings is 1. The SMILES string of the molecule is Cc1ccc2scc(NC(=O)c3ccc(I)cc3N3CCC4(CC3)CC4)c2c1. The normalized spacial score (nSPS) is 17.9. The highest BCUT2D eigenvalue weighted by Crippen LogP contribution is 2.54. The van der Waals surface area contributed by atoms with Crippen LogP contribution in [0.4, 0.5) is 11.4 Å². The number of nitrogens with zero attached hydrogens (tertiary/aromatic N) is 1. The number of hydrogen-bond acceptors (Lipinski definition) is 3. The van der Waals surface area contributed by atoms with E-state index in [2.05, 4.69) is 64.0 Å². The third kappa shape index (κ3) is 3.43. The first kappa shape index (κ1) is 18.4. The van der Waals surface area contributed by atoms with Gasteiger partial charge in [0.1, 0.15) is 0 Å². The highest BCUT2D eigenvalue weighted by molar-refractivity contribution is 14.1. The van der Waals surface area contributed by atoms with E-state index in [1.165, 1.54) is 39.5 Å². The van der Waals surface area contributed by atoms with E-state index in [4.69, 9.17) is 0 Å². The summed E-state index contributed by atoms with van der Waals surface area (Å²) in [6, 6.07) is 12.6. The molecule has 0 atom stereocenters. The molecule has 1 amide bonds. The molecule has 144 valence electrons. The Morgan fingerprint density at radius 1 is 1.11 bits per heavy atom. The van der Waals surface area contributed by atoms with Gasteiger partial charge in [-0.3, -0.25) is 4.79 Å². The molecule has 1 saturated heterocycles. The van der Waals surface area contributed by atoms with Crippen molar-refractivity contribution in [2.75, 3.05) is 23.3 Å². The van der Waals surface area contributed by atoms with Crippen molar-refractivity contribution in [3.8, 4) is 0 Å². The molecule has 1 aromatic heterocycles. The predicted octanol–water partition coefficient (Wildman–Crippen LogP) is 6.45. The summed E-state index contributed by atoms with van der Waals surface area (Å²) in [4.78, 5) is 15.6. The molecule has 0 unspecified atom stereocenters. The van der Waals surface area contributed by atoms with Crippen molar-refractivity contribution >= 4 is 61.3 Å². The zero-order chi connectivity index (χ0) is 19.3. The fourth-order valence-corrected chi connectivity index (χ4v) is 5.63. The zero-order valence-electron chi connectivity index (χ0n) is 15.9. The van der Waals surface area contributed by atoms with Crippen LogP contribution in [0.25, 0.3) is 10.1 Å². The standard InChI is InChI=1S/C23H23IN2OS/c1-15-2-5-21-18(12-15)19(14-28-21)25-22(27)17-4-3-16(24)13-20(17)26-10-8-23(6-7-23)9-11-26/h2-5,12-14H,6-11H2,1H3,(H,25,27). The fourth-order valence-electron chi connectivity index (χ4n) is 4.29. The topological polar surface area (TPSA) is 32.3 Å². The van der Waals surface area contributed by atoms with Gasteiger partial charge in [-0.05, 0) is 90.9 Å². The van der Waals surface area contributed by atoms with Gasteiger partial charge in [-0.25, -0.2) is 0 Å². The Hall–Kier alpha value is -1.60. The summed E-state index contributed by atoms with van der Waals surface area (Å²) < 4.78 is 2.38. The Balaban J connectivity index is 1.43. The molecule has 5 rings (SSSR count). The molecule has 3 aromatic rings. The second kappa shape index (κ2) is 7.02. The van der Waals surface area contributed by atoms with Crippen molar-refractivity contribution in [3.05, 3.63) is 56.5 Å². The molecular formula is C23H23IN2OS. The van der Waals surface area contributed by atoms with Crippen LogP contribution >= 0.6 is 33.9 Å². The van der Waals surface area contributed by atoms with Crippen molar-refractivity contribution in [2.45, 2.75) is 32.6 Å². The maximum Gasteiger partial charge on any atom is 0.257 e. The van der Waals surface area contributed by atoms with Crippen LogP contribution in [-0.4, -0.2) is 19.0 Å². The lowest BCUT2D eigenvalue weighted by molar-refractivity contribution is 0.102. The molecule has 28 heavy (non-hydrogen) atoms. The molecule has 1 aliphatic heterocycles. The van der Waals surface area contributed by atoms with Crippen LogP contribution in [0.2, 0.25) is 0 Å². The van der Waals surface area contributed by atoms with Crippen LogP contribution in [0.15, 0.2) is 41.8 Å². The van der Waals surface area contributed by atoms with Crippen LogP contribution in [0.1, 0.15) is 41.6 Å². The van der Waals surface area contributed by atoms with Gasteiger partial charge in [0.15, 0.2) is 0 Å². The van der Waals surface area contributed by atoms with Crippen molar-refractivity contribution < 1.29 is 4.79 Å². The van der Waals surface area contributed by atoms with E-state index < -0.39 is 0 Å². The van der Waals surface area contributed by atoms with Gasteiger partial charge in [-0.15, -0.1) is 11.3 Å². The van der Waals surface area contributed by atoms with E-state index in [-0.39, 0.29) is 5.91 Å². The number of nitrogens with one attached hydrogen (secondary N) is 1. The maximum absolute atomic E-state index is 13.2. The van der Waals surface area contributed by atoms with Crippen LogP contribution in [0.3, 0.4) is 0 Å². The molecule has 1 saturated carbocycles. The number of halogens is 1. The summed E-state index contributed by atoms with van der Waals surface area (Å²) >= 11 is 4.02. The summed E-state index contributed by atoms with van der Waals surface area (Å²) in [5.41, 5.74) is 4.61. The minimum absolute atomic E-state index is 0.0145. The molecule has 2 aromatic carbocycles. The molecule has 2 aliphatic rings. The van der Waals surface area contributed by atoms with Gasteiger partial charge in [-0.2, -0.15) is 0 Å². The first-order chi connectivity index (χ1) is 13.5. The molecule has 2 fully saturated rings. The predicted molar refractivity (Wildman–Crippen MR) is 127 cm³/mol. The Kier molecular flexibility index (Phi) is 4.62. The maximum atomic E-state index is 13.2.